The third-order valence-corrected chi connectivity index (χ3v) is 3.27. The zero-order valence-electron chi connectivity index (χ0n) is 11.0. The van der Waals surface area contributed by atoms with Crippen molar-refractivity contribution < 1.29 is 0 Å². The molecular weight excluding hydrogens is 200 g/mol. The van der Waals surface area contributed by atoms with Gasteiger partial charge in [-0.25, -0.2) is 0 Å². The topological polar surface area (TPSA) is 42.3 Å². The molecule has 0 bridgehead atoms. The van der Waals surface area contributed by atoms with E-state index in [1.165, 1.54) is 0 Å². The van der Waals surface area contributed by atoms with Crippen LogP contribution in [0.5, 0.6) is 0 Å². The van der Waals surface area contributed by atoms with Crippen LogP contribution in [0.2, 0.25) is 0 Å². The van der Waals surface area contributed by atoms with Gasteiger partial charge in [-0.2, -0.15) is 5.26 Å². The molecule has 1 fully saturated rings. The first-order valence-electron chi connectivity index (χ1n) is 6.04. The molecule has 0 radical (unpaired) electrons. The molecule has 1 N–H and O–H groups in total. The average Bonchev–Trinajstić information content (AvgIpc) is 2.63. The molecule has 0 aromatic carbocycles. The summed E-state index contributed by atoms with van der Waals surface area (Å²) in [5, 5.41) is 12.7. The van der Waals surface area contributed by atoms with Crippen molar-refractivity contribution in [3.8, 4) is 6.07 Å². The van der Waals surface area contributed by atoms with Crippen LogP contribution in [-0.2, 0) is 0 Å². The van der Waals surface area contributed by atoms with E-state index in [1.54, 1.807) is 0 Å². The number of nitrogens with one attached hydrogen (secondary N) is 1. The van der Waals surface area contributed by atoms with E-state index < -0.39 is 0 Å². The first kappa shape index (κ1) is 13.4. The highest BCUT2D eigenvalue weighted by molar-refractivity contribution is 5.13. The Morgan fingerprint density at radius 1 is 1.50 bits per heavy atom. The van der Waals surface area contributed by atoms with Gasteiger partial charge in [0.2, 0.25) is 0 Å². The number of likely N-dealkylation sites (tertiary alicyclic amines) is 1. The van der Waals surface area contributed by atoms with Gasteiger partial charge in [0, 0.05) is 32.2 Å². The largest absolute Gasteiger partial charge is 0.308 e. The highest BCUT2D eigenvalue weighted by Gasteiger charge is 2.38. The minimum absolute atomic E-state index is 0.319. The van der Waals surface area contributed by atoms with E-state index in [2.05, 4.69) is 49.1 Å². The Hall–Kier alpha value is -0.630. The van der Waals surface area contributed by atoms with Crippen molar-refractivity contribution in [1.29, 1.82) is 5.26 Å². The van der Waals surface area contributed by atoms with Gasteiger partial charge >= 0.3 is 0 Å². The van der Waals surface area contributed by atoms with Crippen LogP contribution in [0.15, 0.2) is 0 Å². The first-order valence-corrected chi connectivity index (χ1v) is 6.04. The summed E-state index contributed by atoms with van der Waals surface area (Å²) >= 11 is 0. The van der Waals surface area contributed by atoms with E-state index in [4.69, 9.17) is 0 Å². The van der Waals surface area contributed by atoms with E-state index >= 15 is 0 Å². The van der Waals surface area contributed by atoms with Crippen LogP contribution in [0.3, 0.4) is 0 Å². The number of rotatable bonds is 5. The Balaban J connectivity index is 2.45. The molecule has 1 aliphatic heterocycles. The summed E-state index contributed by atoms with van der Waals surface area (Å²) in [5.74, 6) is 0. The van der Waals surface area contributed by atoms with E-state index in [1.807, 2.05) is 0 Å². The number of likely N-dealkylation sites (N-methyl/N-ethyl adjacent to an activating group) is 1. The molecular formula is C12H24N4. The first-order chi connectivity index (χ1) is 7.49. The summed E-state index contributed by atoms with van der Waals surface area (Å²) in [6, 6.07) is 3.00. The molecule has 0 amide bonds. The highest BCUT2D eigenvalue weighted by atomic mass is 15.2. The smallest absolute Gasteiger partial charge is 0.120 e. The van der Waals surface area contributed by atoms with E-state index in [9.17, 15) is 5.26 Å². The van der Waals surface area contributed by atoms with Crippen LogP contribution in [0.4, 0.5) is 0 Å². The second-order valence-electron chi connectivity index (χ2n) is 5.24. The van der Waals surface area contributed by atoms with Crippen LogP contribution < -0.4 is 5.32 Å². The predicted molar refractivity (Wildman–Crippen MR) is 66.2 cm³/mol. The van der Waals surface area contributed by atoms with Gasteiger partial charge in [0.05, 0.1) is 6.07 Å². The van der Waals surface area contributed by atoms with Gasteiger partial charge in [0.25, 0.3) is 0 Å². The Morgan fingerprint density at radius 3 is 2.62 bits per heavy atom. The summed E-state index contributed by atoms with van der Waals surface area (Å²) in [7, 11) is 4.10. The zero-order chi connectivity index (χ0) is 12.2. The quantitative estimate of drug-likeness (QED) is 0.739. The van der Waals surface area contributed by atoms with Gasteiger partial charge in [-0.15, -0.1) is 0 Å². The molecule has 4 nitrogen and oxygen atoms in total. The number of hydrogen-bond donors (Lipinski definition) is 1. The highest BCUT2D eigenvalue weighted by Crippen LogP contribution is 2.22. The van der Waals surface area contributed by atoms with Crippen molar-refractivity contribution in [2.24, 2.45) is 0 Å². The molecule has 16 heavy (non-hydrogen) atoms. The van der Waals surface area contributed by atoms with Crippen LogP contribution in [0.1, 0.15) is 20.3 Å². The second-order valence-corrected chi connectivity index (χ2v) is 5.24. The molecule has 0 aromatic heterocycles. The standard InChI is InChI=1S/C12H24N4/c1-11(2)16-7-5-12(9-13,10-16)14-6-8-15(3)4/h11,14H,5-8,10H2,1-4H3. The molecule has 1 aliphatic rings. The summed E-state index contributed by atoms with van der Waals surface area (Å²) < 4.78 is 0. The fourth-order valence-electron chi connectivity index (χ4n) is 2.07. The Morgan fingerprint density at radius 2 is 2.19 bits per heavy atom. The molecule has 1 unspecified atom stereocenters. The van der Waals surface area contributed by atoms with E-state index in [0.717, 1.165) is 32.6 Å². The Kier molecular flexibility index (Phi) is 4.72. The van der Waals surface area contributed by atoms with Gasteiger partial charge in [-0.05, 0) is 34.4 Å². The van der Waals surface area contributed by atoms with Crippen molar-refractivity contribution in [3.05, 3.63) is 0 Å². The van der Waals surface area contributed by atoms with Crippen molar-refractivity contribution in [1.82, 2.24) is 15.1 Å². The molecule has 1 atom stereocenters. The molecule has 1 heterocycles. The zero-order valence-corrected chi connectivity index (χ0v) is 11.0. The predicted octanol–water partition coefficient (Wildman–Crippen LogP) is 0.514. The molecule has 1 saturated heterocycles. The molecule has 0 aliphatic carbocycles. The van der Waals surface area contributed by atoms with Gasteiger partial charge in [0.1, 0.15) is 5.54 Å². The lowest BCUT2D eigenvalue weighted by Crippen LogP contribution is -2.49. The molecule has 0 spiro atoms. The number of nitriles is 1. The fraction of sp³-hybridized carbons (Fsp3) is 0.917. The lowest BCUT2D eigenvalue weighted by Gasteiger charge is -2.26. The molecule has 1 rings (SSSR count). The molecule has 92 valence electrons. The SMILES string of the molecule is CC(C)N1CCC(C#N)(NCCN(C)C)C1. The lowest BCUT2D eigenvalue weighted by molar-refractivity contribution is 0.255. The second kappa shape index (κ2) is 5.62. The molecule has 0 saturated carbocycles. The summed E-state index contributed by atoms with van der Waals surface area (Å²) in [6.45, 7) is 8.12. The van der Waals surface area contributed by atoms with E-state index in [0.29, 0.717) is 6.04 Å². The lowest BCUT2D eigenvalue weighted by atomic mass is 10.0. The van der Waals surface area contributed by atoms with Gasteiger partial charge in [-0.1, -0.05) is 0 Å². The fourth-order valence-corrected chi connectivity index (χ4v) is 2.07. The molecule has 4 heteroatoms. The minimum Gasteiger partial charge on any atom is -0.308 e. The van der Waals surface area contributed by atoms with Crippen LogP contribution in [0, 0.1) is 11.3 Å². The van der Waals surface area contributed by atoms with Crippen LogP contribution >= 0.6 is 0 Å². The number of nitrogens with zero attached hydrogens (tertiary/aromatic N) is 3. The van der Waals surface area contributed by atoms with Crippen molar-refractivity contribution in [2.45, 2.75) is 31.8 Å². The Bertz CT molecular complexity index is 256. The normalized spacial score (nSPS) is 26.6. The summed E-state index contributed by atoms with van der Waals surface area (Å²) in [6.07, 6.45) is 0.940. The number of hydrogen-bond acceptors (Lipinski definition) is 4. The average molecular weight is 224 g/mol. The van der Waals surface area contributed by atoms with Crippen LogP contribution in [-0.4, -0.2) is 61.7 Å². The van der Waals surface area contributed by atoms with Gasteiger partial charge in [0.15, 0.2) is 0 Å². The third-order valence-electron chi connectivity index (χ3n) is 3.27. The van der Waals surface area contributed by atoms with Gasteiger partial charge < -0.3 is 4.90 Å². The maximum absolute atomic E-state index is 9.33. The molecule has 0 aromatic rings. The summed E-state index contributed by atoms with van der Waals surface area (Å²) in [4.78, 5) is 4.50. The summed E-state index contributed by atoms with van der Waals surface area (Å²) in [5.41, 5.74) is -0.319. The minimum atomic E-state index is -0.319. The van der Waals surface area contributed by atoms with Gasteiger partial charge in [-0.3, -0.25) is 10.2 Å². The van der Waals surface area contributed by atoms with Crippen LogP contribution in [0.25, 0.3) is 0 Å². The van der Waals surface area contributed by atoms with E-state index in [-0.39, 0.29) is 5.54 Å². The maximum atomic E-state index is 9.33. The van der Waals surface area contributed by atoms with Crippen molar-refractivity contribution in [2.75, 3.05) is 40.3 Å². The monoisotopic (exact) mass is 224 g/mol. The maximum Gasteiger partial charge on any atom is 0.120 e. The van der Waals surface area contributed by atoms with Crippen molar-refractivity contribution >= 4 is 0 Å². The van der Waals surface area contributed by atoms with Crippen molar-refractivity contribution in [3.63, 3.8) is 0 Å². The Labute approximate surface area is 99.2 Å². The third kappa shape index (κ3) is 3.44.